The maximum absolute atomic E-state index is 11.8. The van der Waals surface area contributed by atoms with Crippen LogP contribution in [0.5, 0.6) is 35.3 Å². The smallest absolute Gasteiger partial charge is 0.822 e. The van der Waals surface area contributed by atoms with Crippen LogP contribution in [0.2, 0.25) is 0 Å². The van der Waals surface area contributed by atoms with Crippen molar-refractivity contribution in [3.05, 3.63) is 315 Å². The van der Waals surface area contributed by atoms with E-state index in [2.05, 4.69) is 52.5 Å². The molecule has 110 heavy (non-hydrogen) atoms. The monoisotopic (exact) mass is 1790 g/mol. The summed E-state index contributed by atoms with van der Waals surface area (Å²) in [4.78, 5) is 122. The zero-order chi connectivity index (χ0) is 79.2. The van der Waals surface area contributed by atoms with Crippen LogP contribution in [0.1, 0.15) is 83.9 Å². The fourth-order valence-electron chi connectivity index (χ4n) is 7.97. The van der Waals surface area contributed by atoms with E-state index < -0.39 is 93.7 Å². The third-order valence-corrected chi connectivity index (χ3v) is 13.2. The van der Waals surface area contributed by atoms with E-state index in [1.54, 1.807) is 0 Å². The van der Waals surface area contributed by atoms with Gasteiger partial charge in [-0.25, -0.2) is 9.97 Å². The van der Waals surface area contributed by atoms with Gasteiger partial charge in [-0.3, -0.25) is 47.9 Å². The molecule has 570 valence electrons. The van der Waals surface area contributed by atoms with Crippen LogP contribution < -0.4 is 123 Å². The Bertz CT molecular complexity index is 4400. The molecule has 0 aliphatic carbocycles. The molecule has 0 aliphatic rings. The summed E-state index contributed by atoms with van der Waals surface area (Å²) in [7, 11) is 0. The number of nitrogens with one attached hydrogen (secondary N) is 10. The molecule has 0 bridgehead atoms. The number of pyridine rings is 10. The predicted molar refractivity (Wildman–Crippen MR) is 353 cm³/mol. The normalized spacial score (nSPS) is 9.75. The summed E-state index contributed by atoms with van der Waals surface area (Å²) >= 11 is 0. The number of hydrogen-bond acceptors (Lipinski definition) is 24. The third-order valence-electron chi connectivity index (χ3n) is 13.2. The minimum atomic E-state index is -0.867. The number of carbonyl (C=O) groups excluding carboxylic acids is 8. The van der Waals surface area contributed by atoms with Gasteiger partial charge in [-0.1, -0.05) is 60.7 Å². The van der Waals surface area contributed by atoms with E-state index in [-0.39, 0.29) is 217 Å². The first-order chi connectivity index (χ1) is 51.7. The van der Waals surface area contributed by atoms with Crippen LogP contribution in [-0.2, 0) is 0 Å². The van der Waals surface area contributed by atoms with Gasteiger partial charge in [0.1, 0.15) is 11.4 Å². The Morgan fingerprint density at radius 2 is 0.436 bits per heavy atom. The second kappa shape index (κ2) is 47.3. The molecule has 44 heteroatoms. The van der Waals surface area contributed by atoms with Crippen LogP contribution in [0.15, 0.2) is 216 Å². The Hall–Kier alpha value is -13.3. The van der Waals surface area contributed by atoms with Crippen molar-refractivity contribution in [2.45, 2.75) is 0 Å². The van der Waals surface area contributed by atoms with Gasteiger partial charge in [0.15, 0.2) is 60.1 Å². The number of amides is 8. The van der Waals surface area contributed by atoms with E-state index in [9.17, 15) is 120 Å². The van der Waals surface area contributed by atoms with Gasteiger partial charge >= 0.3 is 116 Å². The van der Waals surface area contributed by atoms with Gasteiger partial charge in [-0.15, -0.1) is 0 Å². The van der Waals surface area contributed by atoms with Crippen molar-refractivity contribution in [2.75, 3.05) is 52.4 Å². The summed E-state index contributed by atoms with van der Waals surface area (Å²) in [6, 6.07) is 39.5. The average Bonchev–Trinajstić information content (AvgIpc) is 0.888. The molecule has 42 nitrogen and oxygen atoms in total. The number of hydrogen-bond donors (Lipinski definition) is 8. The molecule has 2 radical (unpaired) electrons. The van der Waals surface area contributed by atoms with Crippen molar-refractivity contribution in [3.8, 4) is 35.3 Å². The van der Waals surface area contributed by atoms with Gasteiger partial charge in [0.25, 0.3) is 46.0 Å². The van der Waals surface area contributed by atoms with Crippen LogP contribution in [0, 0.1) is 122 Å². The van der Waals surface area contributed by atoms with Crippen LogP contribution in [0.4, 0.5) is 0 Å². The standard InChI is InChI=1S/2C14H14N4O6.2C14H13N4O6.2C5H5N.2Sm/c4*19-11-5-1-3-9(17(11)23)13(21)15-7-8-16-14(22)10-4-2-6-12(20)18(10)24;2*1-2-4-6-5-3-1;;/h2*1-6,19-20H,7-8H2,(H,15,21)(H,16,22);2*1-6,19H,7-8H2,(H,15,21)(H,16,22);2*1-5H;;/q;;2*-1;;;2*+3/p-4. The zero-order valence-corrected chi connectivity index (χ0v) is 61.7. The van der Waals surface area contributed by atoms with Crippen molar-refractivity contribution in [1.29, 1.82) is 0 Å². The van der Waals surface area contributed by atoms with Gasteiger partial charge in [-0.2, -0.15) is 28.4 Å². The first kappa shape index (κ1) is 90.9. The largest absolute Gasteiger partial charge is 3.00 e. The van der Waals surface area contributed by atoms with E-state index >= 15 is 0 Å². The van der Waals surface area contributed by atoms with Crippen LogP contribution in [0.3, 0.4) is 0 Å². The first-order valence-corrected chi connectivity index (χ1v) is 30.9. The quantitative estimate of drug-likeness (QED) is 0.0200. The van der Waals surface area contributed by atoms with Crippen molar-refractivity contribution in [3.63, 3.8) is 0 Å². The molecule has 8 amide bonds. The summed E-state index contributed by atoms with van der Waals surface area (Å²) in [5.41, 5.74) is -4.70. The number of carbonyl (C=O) groups is 8. The van der Waals surface area contributed by atoms with E-state index in [1.807, 2.05) is 61.2 Å². The Balaban J connectivity index is 0.000000358. The molecule has 10 N–H and O–H groups in total. The summed E-state index contributed by atoms with van der Waals surface area (Å²) in [6.07, 6.45) is 7.50. The molecule has 0 aromatic carbocycles. The Morgan fingerprint density at radius 1 is 0.264 bits per heavy atom. The van der Waals surface area contributed by atoms with Gasteiger partial charge in [0.2, 0.25) is 11.1 Å². The molecule has 0 saturated carbocycles. The van der Waals surface area contributed by atoms with Crippen LogP contribution >= 0.6 is 0 Å². The number of aromatic nitrogens is 10. The second-order valence-electron chi connectivity index (χ2n) is 20.6. The number of aromatic amines is 2. The fraction of sp³-hybridized carbons (Fsp3) is 0.121. The molecular formula is C66H60N18O24Sm2. The second-order valence-corrected chi connectivity index (χ2v) is 20.6. The summed E-state index contributed by atoms with van der Waals surface area (Å²) in [6.45, 7) is -0.416. The topological polar surface area (TPSA) is 651 Å². The molecule has 10 aromatic heterocycles. The molecule has 0 fully saturated rings. The molecule has 0 unspecified atom stereocenters. The average molecular weight is 1790 g/mol. The number of nitrogens with zero attached hydrogens (tertiary/aromatic N) is 8. The molecule has 0 atom stereocenters. The third kappa shape index (κ3) is 28.6. The molecular weight excluding hydrogens is 1730 g/mol. The van der Waals surface area contributed by atoms with Crippen molar-refractivity contribution < 1.29 is 188 Å². The Kier molecular flexibility index (Phi) is 39.1. The van der Waals surface area contributed by atoms with Gasteiger partial charge in [-0.05, 0) is 48.5 Å². The van der Waals surface area contributed by atoms with Crippen molar-refractivity contribution in [1.82, 2.24) is 52.0 Å². The molecule has 0 saturated heterocycles. The van der Waals surface area contributed by atoms with Crippen LogP contribution in [0.25, 0.3) is 0 Å². The van der Waals surface area contributed by atoms with Gasteiger partial charge < -0.3 is 124 Å². The Morgan fingerprint density at radius 3 is 0.600 bits per heavy atom. The van der Waals surface area contributed by atoms with E-state index in [1.165, 1.54) is 97.1 Å². The van der Waals surface area contributed by atoms with Crippen molar-refractivity contribution in [2.24, 2.45) is 0 Å². The van der Waals surface area contributed by atoms with E-state index in [0.29, 0.717) is 0 Å². The minimum Gasteiger partial charge on any atom is -0.822 e. The zero-order valence-electron chi connectivity index (χ0n) is 56.5. The summed E-state index contributed by atoms with van der Waals surface area (Å²) in [5, 5.41) is 177. The SMILES string of the molecule is O=C(NCCNC(=O)c1cccc([O-])[n+]1[O-])c1cccc(=O)n1[O-].O=C(NCCNC(=O)c1cccc([O-])[n+]1[O-])c1cccc(=O)n1[O-].O=C(NCCNC(=O)c1cccc([O-])[n+]1[O-])c1cccc([O-])[n+]1[O-].O=C(NCCNC(=O)c1cccc([O-])[n+]1[O-])c1cccc([O-])[n+]1[O-].[Sm+3].[Sm+3].c1cc[nH+]cc1.c1cc[nH+]cc1. The van der Waals surface area contributed by atoms with Crippen molar-refractivity contribution >= 4 is 47.3 Å². The molecule has 10 rings (SSSR count). The molecule has 10 aromatic rings. The van der Waals surface area contributed by atoms with Gasteiger partial charge in [0, 0.05) is 125 Å². The molecule has 0 spiro atoms. The van der Waals surface area contributed by atoms with E-state index in [0.717, 1.165) is 48.5 Å². The minimum absolute atomic E-state index is 0. The molecule has 0 aliphatic heterocycles. The fourth-order valence-corrected chi connectivity index (χ4v) is 7.97. The first-order valence-electron chi connectivity index (χ1n) is 30.9. The summed E-state index contributed by atoms with van der Waals surface area (Å²) < 4.78 is -0.381. The predicted octanol–water partition coefficient (Wildman–Crippen LogP) is -8.36. The molecule has 10 heterocycles. The number of H-pyrrole nitrogens is 2. The maximum atomic E-state index is 11.8. The van der Waals surface area contributed by atoms with Crippen LogP contribution in [-0.4, -0.2) is 109 Å². The number of rotatable bonds is 20. The maximum Gasteiger partial charge on any atom is 3.00 e. The van der Waals surface area contributed by atoms with E-state index in [4.69, 9.17) is 0 Å². The summed E-state index contributed by atoms with van der Waals surface area (Å²) in [5.74, 6) is -11.4. The Labute approximate surface area is 684 Å². The van der Waals surface area contributed by atoms with Gasteiger partial charge in [0.05, 0.1) is 0 Å².